The van der Waals surface area contributed by atoms with Crippen molar-refractivity contribution in [2.75, 3.05) is 13.1 Å². The van der Waals surface area contributed by atoms with Gasteiger partial charge in [0.15, 0.2) is 0 Å². The number of hydrogen-bond donors (Lipinski definition) is 1. The second-order valence-electron chi connectivity index (χ2n) is 7.63. The largest absolute Gasteiger partial charge is 0.491 e. The molecule has 1 aliphatic heterocycles. The molecule has 0 bridgehead atoms. The molecule has 26 heavy (non-hydrogen) atoms. The molecular formula is C20H28N4O2. The molecule has 1 fully saturated rings. The van der Waals surface area contributed by atoms with Crippen molar-refractivity contribution in [1.29, 1.82) is 0 Å². The number of H-pyrrole nitrogens is 1. The Hall–Kier alpha value is -2.37. The second-order valence-corrected chi connectivity index (χ2v) is 7.63. The number of aryl methyl sites for hydroxylation is 1. The van der Waals surface area contributed by atoms with Crippen molar-refractivity contribution in [2.24, 2.45) is 0 Å². The zero-order valence-corrected chi connectivity index (χ0v) is 16.2. The Morgan fingerprint density at radius 1 is 1.27 bits per heavy atom. The monoisotopic (exact) mass is 356 g/mol. The lowest BCUT2D eigenvalue weighted by atomic mass is 10.0. The van der Waals surface area contributed by atoms with Gasteiger partial charge in [0, 0.05) is 42.5 Å². The van der Waals surface area contributed by atoms with E-state index in [0.717, 1.165) is 35.8 Å². The van der Waals surface area contributed by atoms with E-state index in [1.54, 1.807) is 0 Å². The highest BCUT2D eigenvalue weighted by molar-refractivity contribution is 5.92. The molecule has 1 amide bonds. The van der Waals surface area contributed by atoms with E-state index in [9.17, 15) is 4.79 Å². The lowest BCUT2D eigenvalue weighted by Crippen LogP contribution is -2.28. The predicted octanol–water partition coefficient (Wildman–Crippen LogP) is 3.65. The van der Waals surface area contributed by atoms with Crippen molar-refractivity contribution in [3.63, 3.8) is 0 Å². The fraction of sp³-hybridized carbons (Fsp3) is 0.550. The lowest BCUT2D eigenvalue weighted by molar-refractivity contribution is 0.0785. The predicted molar refractivity (Wildman–Crippen MR) is 101 cm³/mol. The topological polar surface area (TPSA) is 71.1 Å². The Bertz CT molecular complexity index is 782. The molecule has 2 aromatic heterocycles. The lowest BCUT2D eigenvalue weighted by Gasteiger charge is -2.17. The highest BCUT2D eigenvalue weighted by Gasteiger charge is 2.30. The van der Waals surface area contributed by atoms with E-state index in [-0.39, 0.29) is 17.9 Å². The van der Waals surface area contributed by atoms with Crippen LogP contribution in [0.2, 0.25) is 0 Å². The summed E-state index contributed by atoms with van der Waals surface area (Å²) in [6.07, 6.45) is 1.04. The zero-order valence-electron chi connectivity index (χ0n) is 16.2. The molecule has 0 spiro atoms. The maximum atomic E-state index is 12.7. The average Bonchev–Trinajstić information content (AvgIpc) is 3.23. The summed E-state index contributed by atoms with van der Waals surface area (Å²) < 4.78 is 5.83. The van der Waals surface area contributed by atoms with Crippen LogP contribution in [-0.4, -0.2) is 45.2 Å². The quantitative estimate of drug-likeness (QED) is 0.887. The molecule has 1 aliphatic rings. The molecule has 1 atom stereocenters. The molecule has 3 rings (SSSR count). The third-order valence-electron chi connectivity index (χ3n) is 4.63. The number of aromatic amines is 1. The van der Waals surface area contributed by atoms with Crippen molar-refractivity contribution in [1.82, 2.24) is 20.1 Å². The summed E-state index contributed by atoms with van der Waals surface area (Å²) in [4.78, 5) is 19.3. The normalized spacial score (nSPS) is 17.3. The number of pyridine rings is 1. The van der Waals surface area contributed by atoms with E-state index in [0.29, 0.717) is 18.2 Å². The average molecular weight is 356 g/mol. The van der Waals surface area contributed by atoms with Gasteiger partial charge in [-0.2, -0.15) is 5.10 Å². The molecule has 3 heterocycles. The first kappa shape index (κ1) is 18.4. The number of amides is 1. The van der Waals surface area contributed by atoms with E-state index in [4.69, 9.17) is 4.74 Å². The molecule has 0 saturated carbocycles. The van der Waals surface area contributed by atoms with Gasteiger partial charge in [0.05, 0.1) is 11.8 Å². The van der Waals surface area contributed by atoms with E-state index in [2.05, 4.69) is 29.0 Å². The summed E-state index contributed by atoms with van der Waals surface area (Å²) >= 11 is 0. The highest BCUT2D eigenvalue weighted by atomic mass is 16.5. The molecule has 1 N–H and O–H groups in total. The molecule has 2 aromatic rings. The number of nitrogens with zero attached hydrogens (tertiary/aromatic N) is 3. The van der Waals surface area contributed by atoms with Gasteiger partial charge in [-0.1, -0.05) is 13.8 Å². The summed E-state index contributed by atoms with van der Waals surface area (Å²) in [5.41, 5.74) is 3.43. The fourth-order valence-electron chi connectivity index (χ4n) is 3.31. The van der Waals surface area contributed by atoms with Gasteiger partial charge in [-0.05, 0) is 39.2 Å². The minimum absolute atomic E-state index is 0.0122. The van der Waals surface area contributed by atoms with Crippen LogP contribution in [0.5, 0.6) is 5.75 Å². The summed E-state index contributed by atoms with van der Waals surface area (Å²) in [6, 6.07) is 5.83. The van der Waals surface area contributed by atoms with Gasteiger partial charge < -0.3 is 9.64 Å². The van der Waals surface area contributed by atoms with Crippen molar-refractivity contribution in [3.05, 3.63) is 41.0 Å². The molecule has 0 aliphatic carbocycles. The van der Waals surface area contributed by atoms with Gasteiger partial charge in [-0.25, -0.2) is 0 Å². The Morgan fingerprint density at radius 3 is 2.69 bits per heavy atom. The number of rotatable bonds is 5. The number of ether oxygens (including phenoxy) is 1. The van der Waals surface area contributed by atoms with Crippen LogP contribution in [0.15, 0.2) is 18.2 Å². The third-order valence-corrected chi connectivity index (χ3v) is 4.63. The minimum Gasteiger partial charge on any atom is -0.491 e. The van der Waals surface area contributed by atoms with Gasteiger partial charge >= 0.3 is 0 Å². The molecule has 0 aromatic carbocycles. The summed E-state index contributed by atoms with van der Waals surface area (Å²) in [5.74, 6) is 1.40. The summed E-state index contributed by atoms with van der Waals surface area (Å²) in [5, 5.41) is 7.12. The Morgan fingerprint density at radius 2 is 2.04 bits per heavy atom. The first-order valence-electron chi connectivity index (χ1n) is 9.33. The molecule has 140 valence electrons. The summed E-state index contributed by atoms with van der Waals surface area (Å²) in [7, 11) is 0. The first-order valence-corrected chi connectivity index (χ1v) is 9.33. The highest BCUT2D eigenvalue weighted by Crippen LogP contribution is 2.30. The van der Waals surface area contributed by atoms with Crippen LogP contribution in [0.4, 0.5) is 0 Å². The van der Waals surface area contributed by atoms with Gasteiger partial charge in [0.1, 0.15) is 11.4 Å². The van der Waals surface area contributed by atoms with E-state index >= 15 is 0 Å². The number of aromatic nitrogens is 3. The molecule has 1 saturated heterocycles. The number of carbonyl (C=O) groups excluding carboxylic acids is 1. The number of likely N-dealkylation sites (tertiary alicyclic amines) is 1. The van der Waals surface area contributed by atoms with Crippen molar-refractivity contribution < 1.29 is 9.53 Å². The Balaban J connectivity index is 1.71. The first-order chi connectivity index (χ1) is 12.3. The van der Waals surface area contributed by atoms with Crippen LogP contribution >= 0.6 is 0 Å². The zero-order chi connectivity index (χ0) is 18.8. The fourth-order valence-corrected chi connectivity index (χ4v) is 3.31. The SMILES string of the molecule is Cc1cc(OC(C)C)cc([C@@H]2CCN(C(=O)c3cc(C(C)C)n[nH]3)C2)n1. The number of nitrogens with one attached hydrogen (secondary N) is 1. The smallest absolute Gasteiger partial charge is 0.271 e. The molecule has 6 heteroatoms. The standard InChI is InChI=1S/C20H28N4O2/c1-12(2)17-10-19(23-22-17)20(25)24-7-6-15(11-24)18-9-16(26-13(3)4)8-14(5)21-18/h8-10,12-13,15H,6-7,11H2,1-5H3,(H,22,23)/t15-/m1/s1. The van der Waals surface area contributed by atoms with Crippen molar-refractivity contribution in [2.45, 2.75) is 59.0 Å². The Labute approximate surface area is 155 Å². The van der Waals surface area contributed by atoms with E-state index in [1.807, 2.05) is 43.9 Å². The van der Waals surface area contributed by atoms with Crippen LogP contribution in [0.25, 0.3) is 0 Å². The van der Waals surface area contributed by atoms with Gasteiger partial charge in [0.2, 0.25) is 0 Å². The summed E-state index contributed by atoms with van der Waals surface area (Å²) in [6.45, 7) is 11.5. The second kappa shape index (κ2) is 7.48. The van der Waals surface area contributed by atoms with E-state index in [1.165, 1.54) is 0 Å². The number of hydrogen-bond acceptors (Lipinski definition) is 4. The van der Waals surface area contributed by atoms with Crippen LogP contribution in [-0.2, 0) is 0 Å². The van der Waals surface area contributed by atoms with Crippen LogP contribution < -0.4 is 4.74 Å². The van der Waals surface area contributed by atoms with Gasteiger partial charge in [0.25, 0.3) is 5.91 Å². The van der Waals surface area contributed by atoms with Crippen molar-refractivity contribution >= 4 is 5.91 Å². The van der Waals surface area contributed by atoms with Gasteiger partial charge in [-0.15, -0.1) is 0 Å². The van der Waals surface area contributed by atoms with E-state index < -0.39 is 0 Å². The molecular weight excluding hydrogens is 328 g/mol. The molecule has 0 unspecified atom stereocenters. The van der Waals surface area contributed by atoms with Crippen LogP contribution in [0, 0.1) is 6.92 Å². The maximum absolute atomic E-state index is 12.7. The molecule has 0 radical (unpaired) electrons. The minimum atomic E-state index is 0.0122. The van der Waals surface area contributed by atoms with Crippen LogP contribution in [0.3, 0.4) is 0 Å². The van der Waals surface area contributed by atoms with Gasteiger partial charge in [-0.3, -0.25) is 14.9 Å². The maximum Gasteiger partial charge on any atom is 0.271 e. The Kier molecular flexibility index (Phi) is 5.30. The van der Waals surface area contributed by atoms with Crippen molar-refractivity contribution in [3.8, 4) is 5.75 Å². The third kappa shape index (κ3) is 4.06. The molecule has 6 nitrogen and oxygen atoms in total. The number of carbonyl (C=O) groups is 1. The van der Waals surface area contributed by atoms with Crippen LogP contribution in [0.1, 0.15) is 73.5 Å².